The van der Waals surface area contributed by atoms with Crippen LogP contribution in [0.25, 0.3) is 10.9 Å². The Balaban J connectivity index is 2.07. The molecule has 0 spiro atoms. The third-order valence-electron chi connectivity index (χ3n) is 2.75. The van der Waals surface area contributed by atoms with Gasteiger partial charge in [0.15, 0.2) is 0 Å². The Hall–Kier alpha value is -1.03. The van der Waals surface area contributed by atoms with E-state index in [9.17, 15) is 8.42 Å². The van der Waals surface area contributed by atoms with Crippen LogP contribution in [0, 0.1) is 9.77 Å². The number of rotatable bonds is 3. The third-order valence-corrected chi connectivity index (χ3v) is 5.39. The molecule has 0 saturated carbocycles. The van der Waals surface area contributed by atoms with Gasteiger partial charge in [0.1, 0.15) is 9.45 Å². The molecule has 3 rings (SSSR count). The Morgan fingerprint density at radius 3 is 2.73 bits per heavy atom. The first-order valence-electron chi connectivity index (χ1n) is 5.83. The molecule has 0 N–H and O–H groups in total. The summed E-state index contributed by atoms with van der Waals surface area (Å²) in [6.07, 6.45) is 0. The Bertz CT molecular complexity index is 973. The molecule has 0 saturated heterocycles. The van der Waals surface area contributed by atoms with E-state index in [1.54, 1.807) is 18.2 Å². The van der Waals surface area contributed by atoms with Crippen molar-refractivity contribution in [1.82, 2.24) is 9.19 Å². The van der Waals surface area contributed by atoms with Crippen LogP contribution in [0.4, 0.5) is 0 Å². The quantitative estimate of drug-likeness (QED) is 0.548. The van der Waals surface area contributed by atoms with Gasteiger partial charge >= 0.3 is 10.3 Å². The lowest BCUT2D eigenvalue weighted by molar-refractivity contribution is 0.471. The van der Waals surface area contributed by atoms with E-state index in [1.165, 1.54) is 18.2 Å². The van der Waals surface area contributed by atoms with Crippen LogP contribution in [0.2, 0.25) is 10.0 Å². The van der Waals surface area contributed by atoms with E-state index in [2.05, 4.69) is 11.2 Å². The molecule has 1 heterocycles. The lowest BCUT2D eigenvalue weighted by atomic mass is 10.3. The fourth-order valence-corrected chi connectivity index (χ4v) is 3.88. The average molecular weight is 468 g/mol. The molecule has 3 aromatic rings. The van der Waals surface area contributed by atoms with Crippen molar-refractivity contribution in [3.63, 3.8) is 0 Å². The first-order valence-corrected chi connectivity index (χ1v) is 9.03. The summed E-state index contributed by atoms with van der Waals surface area (Å²) in [6, 6.07) is 11.9. The maximum absolute atomic E-state index is 12.4. The number of aromatic nitrogens is 2. The highest BCUT2D eigenvalue weighted by Crippen LogP contribution is 2.28. The van der Waals surface area contributed by atoms with Crippen molar-refractivity contribution in [2.45, 2.75) is 0 Å². The average Bonchev–Trinajstić information content (AvgIpc) is 2.81. The summed E-state index contributed by atoms with van der Waals surface area (Å²) in [5.41, 5.74) is 0.406. The molecule has 1 radical (unpaired) electrons. The fourth-order valence-electron chi connectivity index (χ4n) is 1.80. The maximum Gasteiger partial charge on any atom is 0.429 e. The normalized spacial score (nSPS) is 11.8. The zero-order valence-electron chi connectivity index (χ0n) is 10.6. The lowest BCUT2D eigenvalue weighted by Crippen LogP contribution is -2.20. The summed E-state index contributed by atoms with van der Waals surface area (Å²) in [5, 5.41) is 5.18. The van der Waals surface area contributed by atoms with E-state index >= 15 is 0 Å². The van der Waals surface area contributed by atoms with Crippen LogP contribution in [0.5, 0.6) is 5.75 Å². The van der Waals surface area contributed by atoms with Gasteiger partial charge in [-0.05, 0) is 52.9 Å². The summed E-state index contributed by atoms with van der Waals surface area (Å²) in [4.78, 5) is 0. The zero-order chi connectivity index (χ0) is 15.9. The molecule has 0 amide bonds. The minimum Gasteiger partial charge on any atom is -0.365 e. The van der Waals surface area contributed by atoms with E-state index in [0.717, 1.165) is 4.09 Å². The van der Waals surface area contributed by atoms with E-state index < -0.39 is 10.3 Å². The molecule has 0 fully saturated rings. The van der Waals surface area contributed by atoms with Crippen molar-refractivity contribution in [3.8, 4) is 5.75 Å². The fraction of sp³-hybridized carbons (Fsp3) is 0. The molecule has 113 valence electrons. The van der Waals surface area contributed by atoms with Crippen LogP contribution in [-0.4, -0.2) is 17.6 Å². The predicted octanol–water partition coefficient (Wildman–Crippen LogP) is 3.92. The second kappa shape index (κ2) is 5.88. The molecule has 9 heteroatoms. The lowest BCUT2D eigenvalue weighted by Gasteiger charge is -2.08. The molecule has 2 aromatic carbocycles. The van der Waals surface area contributed by atoms with Gasteiger partial charge in [-0.25, -0.2) is 0 Å². The van der Waals surface area contributed by atoms with Gasteiger partial charge < -0.3 is 4.18 Å². The second-order valence-corrected chi connectivity index (χ2v) is 7.40. The number of nitrogens with zero attached hydrogens (tertiary/aromatic N) is 2. The number of fused-ring (bicyclic) bond motifs is 1. The summed E-state index contributed by atoms with van der Waals surface area (Å²) in [6.45, 7) is 0. The standard InChI is InChI=1S/C13H6Cl2IN2O3S/c14-10-6-5-8(7-11(10)15)21-22(19,20)18-12-4-2-1-3-9(12)13(16)17-18/h2-7H. The summed E-state index contributed by atoms with van der Waals surface area (Å²) >= 11 is 13.6. The Morgan fingerprint density at radius 1 is 1.23 bits per heavy atom. The second-order valence-electron chi connectivity index (χ2n) is 4.19. The van der Waals surface area contributed by atoms with Crippen molar-refractivity contribution in [1.29, 1.82) is 0 Å². The van der Waals surface area contributed by atoms with E-state index in [1.807, 2.05) is 22.6 Å². The monoisotopic (exact) mass is 467 g/mol. The number of hydrogen-bond acceptors (Lipinski definition) is 4. The first-order chi connectivity index (χ1) is 10.4. The van der Waals surface area contributed by atoms with Crippen molar-refractivity contribution in [3.05, 3.63) is 56.2 Å². The zero-order valence-corrected chi connectivity index (χ0v) is 15.1. The molecule has 5 nitrogen and oxygen atoms in total. The number of halogens is 3. The van der Waals surface area contributed by atoms with Gasteiger partial charge in [0.25, 0.3) is 0 Å². The molecule has 0 aliphatic rings. The molecule has 0 aliphatic heterocycles. The molecule has 0 aliphatic carbocycles. The van der Waals surface area contributed by atoms with Crippen LogP contribution >= 0.6 is 45.8 Å². The smallest absolute Gasteiger partial charge is 0.365 e. The molecule has 0 atom stereocenters. The molecule has 0 unspecified atom stereocenters. The minimum atomic E-state index is -4.16. The highest BCUT2D eigenvalue weighted by molar-refractivity contribution is 14.1. The number of benzene rings is 2. The van der Waals surface area contributed by atoms with Gasteiger partial charge in [-0.3, -0.25) is 0 Å². The molecular formula is C13H6Cl2IN2O3S. The summed E-state index contributed by atoms with van der Waals surface area (Å²) < 4.78 is 31.3. The van der Waals surface area contributed by atoms with Gasteiger partial charge in [0.05, 0.1) is 15.6 Å². The van der Waals surface area contributed by atoms with Crippen LogP contribution in [0.15, 0.2) is 36.4 Å². The summed E-state index contributed by atoms with van der Waals surface area (Å²) in [7, 11) is -4.16. The van der Waals surface area contributed by atoms with Crippen molar-refractivity contribution in [2.75, 3.05) is 0 Å². The SMILES string of the molecule is O=S(=O)(Oc1ccc(Cl)c(Cl)c1)n1nc(I)c2c[c]ccc21. The first kappa shape index (κ1) is 15.9. The van der Waals surface area contributed by atoms with Gasteiger partial charge in [-0.15, -0.1) is 9.19 Å². The predicted molar refractivity (Wildman–Crippen MR) is 92.7 cm³/mol. The van der Waals surface area contributed by atoms with Crippen molar-refractivity contribution in [2.24, 2.45) is 0 Å². The van der Waals surface area contributed by atoms with Crippen LogP contribution < -0.4 is 4.18 Å². The van der Waals surface area contributed by atoms with E-state index in [-0.39, 0.29) is 10.8 Å². The molecular weight excluding hydrogens is 462 g/mol. The molecule has 22 heavy (non-hydrogen) atoms. The molecule has 0 bridgehead atoms. The third kappa shape index (κ3) is 2.90. The van der Waals surface area contributed by atoms with Crippen molar-refractivity contribution < 1.29 is 12.6 Å². The summed E-state index contributed by atoms with van der Waals surface area (Å²) in [5.74, 6) is 0.0514. The maximum atomic E-state index is 12.4. The topological polar surface area (TPSA) is 61.2 Å². The van der Waals surface area contributed by atoms with Crippen molar-refractivity contribution >= 4 is 67.0 Å². The van der Waals surface area contributed by atoms with E-state index in [0.29, 0.717) is 19.6 Å². The minimum absolute atomic E-state index is 0.0514. The Morgan fingerprint density at radius 2 is 2.00 bits per heavy atom. The van der Waals surface area contributed by atoms with Gasteiger partial charge in [0.2, 0.25) is 0 Å². The highest BCUT2D eigenvalue weighted by Gasteiger charge is 2.22. The molecule has 1 aromatic heterocycles. The largest absolute Gasteiger partial charge is 0.429 e. The Kier molecular flexibility index (Phi) is 4.23. The van der Waals surface area contributed by atoms with Gasteiger partial charge in [-0.1, -0.05) is 29.3 Å². The Labute approximate surface area is 150 Å². The van der Waals surface area contributed by atoms with E-state index in [4.69, 9.17) is 27.4 Å². The van der Waals surface area contributed by atoms with Gasteiger partial charge in [-0.2, -0.15) is 8.42 Å². The van der Waals surface area contributed by atoms with Crippen LogP contribution in [-0.2, 0) is 10.3 Å². The highest BCUT2D eigenvalue weighted by atomic mass is 127. The van der Waals surface area contributed by atoms with Crippen LogP contribution in [0.1, 0.15) is 0 Å². The van der Waals surface area contributed by atoms with Crippen LogP contribution in [0.3, 0.4) is 0 Å². The van der Waals surface area contributed by atoms with Gasteiger partial charge in [0, 0.05) is 11.5 Å². The number of hydrogen-bond donors (Lipinski definition) is 0.